The molecule has 3 aromatic rings. The predicted molar refractivity (Wildman–Crippen MR) is 163 cm³/mol. The van der Waals surface area contributed by atoms with Gasteiger partial charge in [-0.1, -0.05) is 91.0 Å². The van der Waals surface area contributed by atoms with Crippen molar-refractivity contribution in [3.05, 3.63) is 108 Å². The van der Waals surface area contributed by atoms with Gasteiger partial charge in [0, 0.05) is 44.2 Å². The smallest absolute Gasteiger partial charge is 0.164 e. The molecule has 0 aromatic heterocycles. The molecule has 0 atom stereocenters. The normalized spacial score (nSPS) is 10.3. The van der Waals surface area contributed by atoms with Crippen molar-refractivity contribution in [2.75, 3.05) is 34.3 Å². The van der Waals surface area contributed by atoms with E-state index >= 15 is 0 Å². The van der Waals surface area contributed by atoms with Crippen molar-refractivity contribution in [1.29, 1.82) is 0 Å². The number of hydrogen-bond acceptors (Lipinski definition) is 8. The monoisotopic (exact) mass is 561 g/mol. The minimum atomic E-state index is 0. The number of nitrogens with two attached hydrogens (primary N) is 2. The van der Waals surface area contributed by atoms with Gasteiger partial charge in [-0.2, -0.15) is 5.10 Å². The molecule has 9 nitrogen and oxygen atoms in total. The number of rotatable bonds is 6. The van der Waals surface area contributed by atoms with Crippen LogP contribution in [0.5, 0.6) is 0 Å². The summed E-state index contributed by atoms with van der Waals surface area (Å²) in [6.45, 7) is 3.35. The Morgan fingerprint density at radius 3 is 1.64 bits per heavy atom. The van der Waals surface area contributed by atoms with Crippen molar-refractivity contribution in [2.24, 2.45) is 16.8 Å². The van der Waals surface area contributed by atoms with Gasteiger partial charge < -0.3 is 20.9 Å². The van der Waals surface area contributed by atoms with Crippen LogP contribution >= 0.6 is 12.4 Å². The molecule has 1 aliphatic rings. The average Bonchev–Trinajstić information content (AvgIpc) is 3.51. The number of aliphatic hydroxyl groups excluding tert-OH is 1. The summed E-state index contributed by atoms with van der Waals surface area (Å²) in [7, 11) is 4.94. The van der Waals surface area contributed by atoms with Crippen LogP contribution in [-0.2, 0) is 0 Å². The van der Waals surface area contributed by atoms with E-state index in [1.54, 1.807) is 6.92 Å². The molecule has 1 heterocycles. The molecule has 1 aliphatic heterocycles. The Morgan fingerprint density at radius 1 is 0.846 bits per heavy atom. The van der Waals surface area contributed by atoms with Gasteiger partial charge in [-0.05, 0) is 26.6 Å². The SMILES string of the molecule is CC(=O)c1ccccc1.CN(C)CCC(=O)c1ccccc1.CO.Cl.NN.O.c1ccc(C2=NNCC2)cc1. The van der Waals surface area contributed by atoms with Crippen LogP contribution in [0.25, 0.3) is 0 Å². The fraction of sp³-hybridized carbons (Fsp3) is 0.276. The molecule has 0 saturated carbocycles. The van der Waals surface area contributed by atoms with Gasteiger partial charge >= 0.3 is 0 Å². The first-order valence-corrected chi connectivity index (χ1v) is 11.9. The van der Waals surface area contributed by atoms with Crippen LogP contribution in [0.1, 0.15) is 46.0 Å². The molecule has 8 N–H and O–H groups in total. The van der Waals surface area contributed by atoms with Crippen LogP contribution in [0.15, 0.2) is 96.1 Å². The van der Waals surface area contributed by atoms with Crippen molar-refractivity contribution in [3.8, 4) is 0 Å². The molecule has 0 bridgehead atoms. The number of hydrazine groups is 1. The second-order valence-electron chi connectivity index (χ2n) is 7.85. The lowest BCUT2D eigenvalue weighted by Crippen LogP contribution is -2.16. The van der Waals surface area contributed by atoms with Crippen LogP contribution < -0.4 is 17.1 Å². The predicted octanol–water partition coefficient (Wildman–Crippen LogP) is 3.12. The first-order valence-electron chi connectivity index (χ1n) is 11.9. The summed E-state index contributed by atoms with van der Waals surface area (Å²) >= 11 is 0. The molecule has 39 heavy (non-hydrogen) atoms. The minimum Gasteiger partial charge on any atom is -0.412 e. The number of halogens is 1. The van der Waals surface area contributed by atoms with Gasteiger partial charge in [0.05, 0.1) is 5.71 Å². The van der Waals surface area contributed by atoms with Crippen molar-refractivity contribution in [3.63, 3.8) is 0 Å². The summed E-state index contributed by atoms with van der Waals surface area (Å²) in [5.74, 6) is 8.34. The first-order chi connectivity index (χ1) is 18.0. The second kappa shape index (κ2) is 26.2. The summed E-state index contributed by atoms with van der Waals surface area (Å²) in [6.07, 6.45) is 1.64. The fourth-order valence-electron chi connectivity index (χ4n) is 2.99. The Balaban J connectivity index is -0.000000462. The number of Topliss-reactive ketones (excluding diaryl/α,β-unsaturated/α-hetero) is 2. The van der Waals surface area contributed by atoms with Gasteiger partial charge in [0.25, 0.3) is 0 Å². The van der Waals surface area contributed by atoms with E-state index in [4.69, 9.17) is 5.11 Å². The van der Waals surface area contributed by atoms with Crippen molar-refractivity contribution in [2.45, 2.75) is 19.8 Å². The van der Waals surface area contributed by atoms with E-state index in [1.165, 1.54) is 11.3 Å². The van der Waals surface area contributed by atoms with Crippen LogP contribution in [0.2, 0.25) is 0 Å². The Morgan fingerprint density at radius 2 is 1.28 bits per heavy atom. The number of hydrazone groups is 1. The van der Waals surface area contributed by atoms with Crippen molar-refractivity contribution in [1.82, 2.24) is 10.3 Å². The van der Waals surface area contributed by atoms with Gasteiger partial charge in [0.1, 0.15) is 0 Å². The first kappa shape index (κ1) is 40.1. The highest BCUT2D eigenvalue weighted by molar-refractivity contribution is 6.01. The third kappa shape index (κ3) is 18.5. The molecule has 0 aliphatic carbocycles. The van der Waals surface area contributed by atoms with Crippen LogP contribution in [0, 0.1) is 0 Å². The van der Waals surface area contributed by atoms with E-state index in [-0.39, 0.29) is 29.4 Å². The summed E-state index contributed by atoms with van der Waals surface area (Å²) in [5, 5.41) is 11.2. The lowest BCUT2D eigenvalue weighted by atomic mass is 10.1. The third-order valence-electron chi connectivity index (χ3n) is 4.86. The molecule has 0 spiro atoms. The van der Waals surface area contributed by atoms with E-state index in [1.807, 2.05) is 97.9 Å². The molecule has 0 amide bonds. The molecule has 10 heteroatoms. The molecule has 3 aromatic carbocycles. The number of nitrogens with one attached hydrogen (secondary N) is 1. The maximum atomic E-state index is 11.5. The van der Waals surface area contributed by atoms with Crippen LogP contribution in [0.4, 0.5) is 0 Å². The number of nitrogens with zero attached hydrogens (tertiary/aromatic N) is 2. The lowest BCUT2D eigenvalue weighted by molar-refractivity contribution is 0.0971. The third-order valence-corrected chi connectivity index (χ3v) is 4.86. The zero-order valence-corrected chi connectivity index (χ0v) is 24.0. The van der Waals surface area contributed by atoms with Crippen molar-refractivity contribution < 1.29 is 20.2 Å². The number of aliphatic hydroxyl groups is 1. The number of carbonyl (C=O) groups excluding carboxylic acids is 2. The molecule has 0 fully saturated rings. The zero-order valence-electron chi connectivity index (χ0n) is 23.2. The van der Waals surface area contributed by atoms with Crippen molar-refractivity contribution >= 4 is 29.7 Å². The summed E-state index contributed by atoms with van der Waals surface area (Å²) < 4.78 is 0. The van der Waals surface area contributed by atoms with Crippen LogP contribution in [-0.4, -0.2) is 67.1 Å². The van der Waals surface area contributed by atoms with Gasteiger partial charge in [0.15, 0.2) is 11.6 Å². The zero-order chi connectivity index (χ0) is 27.9. The largest absolute Gasteiger partial charge is 0.412 e. The maximum Gasteiger partial charge on any atom is 0.164 e. The van der Waals surface area contributed by atoms with E-state index in [2.05, 4.69) is 34.3 Å². The number of benzene rings is 3. The number of hydrogen-bond donors (Lipinski definition) is 4. The number of ketones is 2. The Bertz CT molecular complexity index is 1020. The Kier molecular flexibility index (Phi) is 26.9. The van der Waals surface area contributed by atoms with Gasteiger partial charge in [-0.25, -0.2) is 0 Å². The van der Waals surface area contributed by atoms with E-state index < -0.39 is 0 Å². The summed E-state index contributed by atoms with van der Waals surface area (Å²) in [5.41, 5.74) is 6.95. The fourth-order valence-corrected chi connectivity index (χ4v) is 2.99. The molecule has 0 saturated heterocycles. The van der Waals surface area contributed by atoms with E-state index in [9.17, 15) is 9.59 Å². The standard InChI is InChI=1S/C11H15NO.C9H10N2.C8H8O.CH4O.ClH.H4N2.H2O/c1-12(2)9-8-11(13)10-6-4-3-5-7-10;1-2-4-8(5-3-1)9-6-7-10-11-9;1-7(9)8-5-3-2-4-6-8;1-2;;1-2;/h3-7H,8-9H2,1-2H3;1-5,10H,6-7H2;2-6H,1H3;2H,1H3;1H;1-2H2;1H2. The second-order valence-corrected chi connectivity index (χ2v) is 7.85. The topological polar surface area (TPSA) is 166 Å². The van der Waals surface area contributed by atoms with Gasteiger partial charge in [-0.3, -0.25) is 21.3 Å². The Hall–Kier alpha value is -3.44. The molecule has 216 valence electrons. The lowest BCUT2D eigenvalue weighted by Gasteiger charge is -2.07. The maximum absolute atomic E-state index is 11.5. The average molecular weight is 562 g/mol. The quantitative estimate of drug-likeness (QED) is 0.204. The highest BCUT2D eigenvalue weighted by atomic mass is 35.5. The summed E-state index contributed by atoms with van der Waals surface area (Å²) in [6, 6.07) is 28.9. The van der Waals surface area contributed by atoms with Crippen LogP contribution in [0.3, 0.4) is 0 Å². The highest BCUT2D eigenvalue weighted by Crippen LogP contribution is 2.06. The molecule has 0 unspecified atom stereocenters. The number of carbonyl (C=O) groups is 2. The molecule has 4 rings (SSSR count). The molecular weight excluding hydrogens is 518 g/mol. The Labute approximate surface area is 238 Å². The minimum absolute atomic E-state index is 0. The molecule has 0 radical (unpaired) electrons. The molecular formula is C29H44ClN5O4. The van der Waals surface area contributed by atoms with Gasteiger partial charge in [0.2, 0.25) is 0 Å². The van der Waals surface area contributed by atoms with Gasteiger partial charge in [-0.15, -0.1) is 12.4 Å². The van der Waals surface area contributed by atoms with E-state index in [0.717, 1.165) is 37.7 Å². The highest BCUT2D eigenvalue weighted by Gasteiger charge is 2.06. The summed E-state index contributed by atoms with van der Waals surface area (Å²) in [4.78, 5) is 24.2. The van der Waals surface area contributed by atoms with E-state index in [0.29, 0.717) is 6.42 Å².